The van der Waals surface area contributed by atoms with Crippen molar-refractivity contribution in [3.8, 4) is 0 Å². The summed E-state index contributed by atoms with van der Waals surface area (Å²) in [5.41, 5.74) is 0.236. The van der Waals surface area contributed by atoms with Crippen LogP contribution in [0.5, 0.6) is 0 Å². The first-order valence-electron chi connectivity index (χ1n) is 7.96. The van der Waals surface area contributed by atoms with Crippen LogP contribution in [0.1, 0.15) is 17.0 Å². The number of thioether (sulfide) groups is 1. The first kappa shape index (κ1) is 20.4. The first-order valence-corrected chi connectivity index (χ1v) is 9.74. The number of nitrogens with one attached hydrogen (secondary N) is 1. The molecule has 0 saturated heterocycles. The second-order valence-electron chi connectivity index (χ2n) is 5.68. The van der Waals surface area contributed by atoms with Crippen molar-refractivity contribution in [1.82, 2.24) is 10.2 Å². The van der Waals surface area contributed by atoms with Crippen LogP contribution in [0.15, 0.2) is 62.6 Å². The van der Waals surface area contributed by atoms with Crippen LogP contribution in [0.4, 0.5) is 18.9 Å². The lowest BCUT2D eigenvalue weighted by atomic mass is 10.2. The van der Waals surface area contributed by atoms with E-state index in [2.05, 4.69) is 31.4 Å². The molecule has 0 aliphatic carbocycles. The number of carbonyl (C=O) groups excluding carboxylic acids is 1. The summed E-state index contributed by atoms with van der Waals surface area (Å²) in [6.45, 7) is 0. The van der Waals surface area contributed by atoms with Crippen molar-refractivity contribution >= 4 is 39.3 Å². The zero-order valence-electron chi connectivity index (χ0n) is 14.2. The van der Waals surface area contributed by atoms with Gasteiger partial charge in [-0.3, -0.25) is 4.79 Å². The van der Waals surface area contributed by atoms with Crippen molar-refractivity contribution in [3.05, 3.63) is 70.0 Å². The molecule has 3 aromatic rings. The molecule has 10 heteroatoms. The number of anilines is 1. The molecule has 1 heterocycles. The monoisotopic (exact) mass is 471 g/mol. The number of alkyl halides is 3. The third-order valence-electron chi connectivity index (χ3n) is 3.52. The molecule has 2 aromatic carbocycles. The minimum atomic E-state index is -4.47. The van der Waals surface area contributed by atoms with Gasteiger partial charge in [-0.05, 0) is 35.9 Å². The van der Waals surface area contributed by atoms with Crippen LogP contribution < -0.4 is 5.32 Å². The summed E-state index contributed by atoms with van der Waals surface area (Å²) >= 11 is 4.37. The van der Waals surface area contributed by atoms with Gasteiger partial charge < -0.3 is 9.73 Å². The maximum atomic E-state index is 12.7. The number of benzene rings is 2. The molecule has 146 valence electrons. The Bertz CT molecular complexity index is 961. The molecular formula is C18H13BrF3N3O2S. The summed E-state index contributed by atoms with van der Waals surface area (Å²) in [7, 11) is 0. The predicted molar refractivity (Wildman–Crippen MR) is 102 cm³/mol. The van der Waals surface area contributed by atoms with Crippen LogP contribution in [0, 0.1) is 0 Å². The smallest absolute Gasteiger partial charge is 0.416 e. The molecule has 1 aromatic heterocycles. The van der Waals surface area contributed by atoms with E-state index in [9.17, 15) is 18.0 Å². The zero-order valence-corrected chi connectivity index (χ0v) is 16.6. The summed E-state index contributed by atoms with van der Waals surface area (Å²) in [6, 6.07) is 12.1. The minimum absolute atomic E-state index is 0.0712. The van der Waals surface area contributed by atoms with Crippen molar-refractivity contribution in [1.29, 1.82) is 0 Å². The zero-order chi connectivity index (χ0) is 20.1. The van der Waals surface area contributed by atoms with E-state index in [1.54, 1.807) is 0 Å². The largest absolute Gasteiger partial charge is 0.416 e. The van der Waals surface area contributed by atoms with Gasteiger partial charge in [0.25, 0.3) is 5.22 Å². The van der Waals surface area contributed by atoms with Gasteiger partial charge in [0.05, 0.1) is 17.7 Å². The Morgan fingerprint density at radius 2 is 1.89 bits per heavy atom. The first-order chi connectivity index (χ1) is 13.3. The topological polar surface area (TPSA) is 68.0 Å². The second-order valence-corrected chi connectivity index (χ2v) is 7.52. The predicted octanol–water partition coefficient (Wildman–Crippen LogP) is 5.17. The van der Waals surface area contributed by atoms with E-state index in [1.165, 1.54) is 12.1 Å². The third-order valence-corrected chi connectivity index (χ3v) is 4.86. The molecule has 0 aliphatic rings. The lowest BCUT2D eigenvalue weighted by molar-refractivity contribution is -0.137. The van der Waals surface area contributed by atoms with E-state index in [0.29, 0.717) is 12.3 Å². The molecule has 1 N–H and O–H groups in total. The number of hydrogen-bond acceptors (Lipinski definition) is 5. The molecular weight excluding hydrogens is 459 g/mol. The lowest BCUT2D eigenvalue weighted by Gasteiger charge is -2.09. The maximum absolute atomic E-state index is 12.7. The molecule has 0 radical (unpaired) electrons. The molecule has 3 rings (SSSR count). The van der Waals surface area contributed by atoms with Crippen molar-refractivity contribution in [2.24, 2.45) is 0 Å². The number of nitrogens with zero attached hydrogens (tertiary/aromatic N) is 2. The van der Waals surface area contributed by atoms with Crippen molar-refractivity contribution in [2.45, 2.75) is 17.8 Å². The Balaban J connectivity index is 1.52. The highest BCUT2D eigenvalue weighted by atomic mass is 79.9. The van der Waals surface area contributed by atoms with E-state index in [0.717, 1.165) is 33.9 Å². The van der Waals surface area contributed by atoms with Crippen molar-refractivity contribution < 1.29 is 22.4 Å². The van der Waals surface area contributed by atoms with Crippen LogP contribution in [0.25, 0.3) is 0 Å². The van der Waals surface area contributed by atoms with E-state index >= 15 is 0 Å². The van der Waals surface area contributed by atoms with Gasteiger partial charge >= 0.3 is 6.18 Å². The number of rotatable bonds is 6. The maximum Gasteiger partial charge on any atom is 0.416 e. The molecule has 1 amide bonds. The van der Waals surface area contributed by atoms with Crippen molar-refractivity contribution in [3.63, 3.8) is 0 Å². The van der Waals surface area contributed by atoms with Crippen molar-refractivity contribution in [2.75, 3.05) is 11.1 Å². The Hall–Kier alpha value is -2.33. The standard InChI is InChI=1S/C18H13BrF3N3O2S/c19-13-6-4-11(5-7-13)8-16-24-25-17(27-16)28-10-15(26)23-14-3-1-2-12(9-14)18(20,21)22/h1-7,9H,8,10H2,(H,23,26). The summed E-state index contributed by atoms with van der Waals surface area (Å²) in [5, 5.41) is 10.4. The summed E-state index contributed by atoms with van der Waals surface area (Å²) in [4.78, 5) is 12.0. The highest BCUT2D eigenvalue weighted by molar-refractivity contribution is 9.10. The fourth-order valence-electron chi connectivity index (χ4n) is 2.24. The molecule has 28 heavy (non-hydrogen) atoms. The van der Waals surface area contributed by atoms with Gasteiger partial charge in [0, 0.05) is 10.2 Å². The lowest BCUT2D eigenvalue weighted by Crippen LogP contribution is -2.15. The van der Waals surface area contributed by atoms with Gasteiger partial charge in [0.15, 0.2) is 0 Å². The van der Waals surface area contributed by atoms with Crippen LogP contribution in [-0.4, -0.2) is 21.9 Å². The van der Waals surface area contributed by atoms with E-state index < -0.39 is 17.6 Å². The molecule has 5 nitrogen and oxygen atoms in total. The Labute approximate surface area is 170 Å². The average molecular weight is 472 g/mol. The van der Waals surface area contributed by atoms with Gasteiger partial charge in [0.2, 0.25) is 11.8 Å². The summed E-state index contributed by atoms with van der Waals surface area (Å²) < 4.78 is 44.6. The van der Waals surface area contributed by atoms with E-state index in [4.69, 9.17) is 4.42 Å². The fourth-order valence-corrected chi connectivity index (χ4v) is 3.09. The molecule has 0 bridgehead atoms. The summed E-state index contributed by atoms with van der Waals surface area (Å²) in [6.07, 6.45) is -4.01. The summed E-state index contributed by atoms with van der Waals surface area (Å²) in [5.74, 6) is -0.143. The number of aromatic nitrogens is 2. The average Bonchev–Trinajstić information content (AvgIpc) is 3.09. The molecule has 0 spiro atoms. The van der Waals surface area contributed by atoms with E-state index in [-0.39, 0.29) is 16.7 Å². The van der Waals surface area contributed by atoms with Crippen LogP contribution in [0.3, 0.4) is 0 Å². The quantitative estimate of drug-likeness (QED) is 0.502. The van der Waals surface area contributed by atoms with Gasteiger partial charge in [-0.1, -0.05) is 45.9 Å². The number of carbonyl (C=O) groups is 1. The second kappa shape index (κ2) is 8.78. The van der Waals surface area contributed by atoms with E-state index in [1.807, 2.05) is 24.3 Å². The number of halogens is 4. The van der Waals surface area contributed by atoms with Gasteiger partial charge in [-0.2, -0.15) is 13.2 Å². The highest BCUT2D eigenvalue weighted by Gasteiger charge is 2.30. The molecule has 0 atom stereocenters. The van der Waals surface area contributed by atoms with Gasteiger partial charge in [0.1, 0.15) is 0 Å². The van der Waals surface area contributed by atoms with Gasteiger partial charge in [-0.25, -0.2) is 0 Å². The Morgan fingerprint density at radius 3 is 2.61 bits per heavy atom. The number of amides is 1. The molecule has 0 aliphatic heterocycles. The van der Waals surface area contributed by atoms with Crippen LogP contribution in [-0.2, 0) is 17.4 Å². The third kappa shape index (κ3) is 5.83. The van der Waals surface area contributed by atoms with Gasteiger partial charge in [-0.15, -0.1) is 10.2 Å². The SMILES string of the molecule is O=C(CSc1nnc(Cc2ccc(Br)cc2)o1)Nc1cccc(C(F)(F)F)c1. The normalized spacial score (nSPS) is 11.4. The Morgan fingerprint density at radius 1 is 1.14 bits per heavy atom. The van der Waals surface area contributed by atoms with Crippen LogP contribution >= 0.6 is 27.7 Å². The number of hydrogen-bond donors (Lipinski definition) is 1. The Kier molecular flexibility index (Phi) is 6.40. The highest BCUT2D eigenvalue weighted by Crippen LogP contribution is 2.30. The van der Waals surface area contributed by atoms with Crippen LogP contribution in [0.2, 0.25) is 0 Å². The fraction of sp³-hybridized carbons (Fsp3) is 0.167. The molecule has 0 saturated carbocycles. The molecule has 0 unspecified atom stereocenters. The molecule has 0 fully saturated rings. The minimum Gasteiger partial charge on any atom is -0.416 e.